The number of anilines is 2. The Labute approximate surface area is 220 Å². The van der Waals surface area contributed by atoms with Crippen molar-refractivity contribution in [3.8, 4) is 17.2 Å². The van der Waals surface area contributed by atoms with Crippen molar-refractivity contribution in [3.05, 3.63) is 60.6 Å². The second kappa shape index (κ2) is 10.5. The van der Waals surface area contributed by atoms with E-state index in [2.05, 4.69) is 26.2 Å². The predicted molar refractivity (Wildman–Crippen MR) is 139 cm³/mol. The van der Waals surface area contributed by atoms with Gasteiger partial charge in [0.2, 0.25) is 5.91 Å². The summed E-state index contributed by atoms with van der Waals surface area (Å²) in [6.07, 6.45) is 8.33. The van der Waals surface area contributed by atoms with Crippen molar-refractivity contribution >= 4 is 29.7 Å². The standard InChI is InChI=1S/C28H28N6O4/c1-38-26(36)16-33-15-21(14-32-33)19-3-2-4-20(11-19)22(17-35)13-31-25-12-24(7-9-30-25)34-10-8-28(18-29,27(34)37)23-5-6-23/h2-4,7,9,11-12,14-15,17,22-23H,5-6,8,10,13,16H2,1H3,(H,30,31)/t22?,28-/m1/s1. The molecule has 1 saturated carbocycles. The van der Waals surface area contributed by atoms with Gasteiger partial charge in [0, 0.05) is 42.8 Å². The van der Waals surface area contributed by atoms with Gasteiger partial charge in [-0.3, -0.25) is 14.3 Å². The third-order valence-electron chi connectivity index (χ3n) is 7.35. The summed E-state index contributed by atoms with van der Waals surface area (Å²) in [4.78, 5) is 42.7. The van der Waals surface area contributed by atoms with E-state index in [1.54, 1.807) is 35.6 Å². The molecule has 2 aromatic heterocycles. The molecule has 38 heavy (non-hydrogen) atoms. The van der Waals surface area contributed by atoms with Gasteiger partial charge in [-0.05, 0) is 42.4 Å². The van der Waals surface area contributed by atoms with Crippen LogP contribution in [0.25, 0.3) is 11.1 Å². The minimum atomic E-state index is -0.902. The Hall–Kier alpha value is -4.52. The summed E-state index contributed by atoms with van der Waals surface area (Å²) in [6, 6.07) is 13.5. The zero-order chi connectivity index (χ0) is 26.7. The number of nitriles is 1. The highest BCUT2D eigenvalue weighted by atomic mass is 16.5. The number of ether oxygens (including phenoxy) is 1. The molecule has 3 heterocycles. The summed E-state index contributed by atoms with van der Waals surface area (Å²) in [5.74, 6) is -0.254. The summed E-state index contributed by atoms with van der Waals surface area (Å²) in [6.45, 7) is 0.833. The maximum Gasteiger partial charge on any atom is 0.327 e. The highest BCUT2D eigenvalue weighted by molar-refractivity contribution is 6.02. The zero-order valence-corrected chi connectivity index (χ0v) is 21.0. The lowest BCUT2D eigenvalue weighted by atomic mass is 9.83. The first kappa shape index (κ1) is 25.1. The SMILES string of the molecule is COC(=O)Cn1cc(-c2cccc(C(C=O)CNc3cc(N4CC[C@@](C#N)(C5CC5)C4=O)ccn3)c2)cn1. The molecule has 0 bridgehead atoms. The van der Waals surface area contributed by atoms with E-state index in [9.17, 15) is 19.6 Å². The number of rotatable bonds is 10. The van der Waals surface area contributed by atoms with Crippen LogP contribution >= 0.6 is 0 Å². The number of benzene rings is 1. The Kier molecular flexibility index (Phi) is 6.92. The molecule has 5 rings (SSSR count). The van der Waals surface area contributed by atoms with E-state index in [4.69, 9.17) is 0 Å². The second-order valence-electron chi connectivity index (χ2n) is 9.72. The van der Waals surface area contributed by atoms with Crippen molar-refractivity contribution in [2.24, 2.45) is 11.3 Å². The van der Waals surface area contributed by atoms with Crippen molar-refractivity contribution in [3.63, 3.8) is 0 Å². The topological polar surface area (TPSA) is 130 Å². The molecule has 2 atom stereocenters. The van der Waals surface area contributed by atoms with Gasteiger partial charge in [0.05, 0.1) is 25.3 Å². The van der Waals surface area contributed by atoms with Gasteiger partial charge in [-0.2, -0.15) is 10.4 Å². The molecular formula is C28H28N6O4. The lowest BCUT2D eigenvalue weighted by Crippen LogP contribution is -2.35. The molecule has 2 fully saturated rings. The molecule has 1 N–H and O–H groups in total. The van der Waals surface area contributed by atoms with Crippen LogP contribution in [0, 0.1) is 22.7 Å². The van der Waals surface area contributed by atoms with Crippen LogP contribution < -0.4 is 10.2 Å². The first-order valence-corrected chi connectivity index (χ1v) is 12.6. The Morgan fingerprint density at radius 2 is 2.16 bits per heavy atom. The maximum atomic E-state index is 13.2. The molecule has 1 amide bonds. The van der Waals surface area contributed by atoms with Crippen LogP contribution in [0.5, 0.6) is 0 Å². The van der Waals surface area contributed by atoms with Gasteiger partial charge in [0.25, 0.3) is 0 Å². The van der Waals surface area contributed by atoms with Crippen LogP contribution in [0.1, 0.15) is 30.7 Å². The molecular weight excluding hydrogens is 484 g/mol. The quantitative estimate of drug-likeness (QED) is 0.324. The number of methoxy groups -OCH3 is 1. The average molecular weight is 513 g/mol. The van der Waals surface area contributed by atoms with Crippen LogP contribution in [0.15, 0.2) is 55.0 Å². The number of carbonyl (C=O) groups is 3. The molecule has 0 spiro atoms. The van der Waals surface area contributed by atoms with Crippen molar-refractivity contribution in [1.29, 1.82) is 5.26 Å². The highest BCUT2D eigenvalue weighted by Crippen LogP contribution is 2.51. The number of pyridine rings is 1. The molecule has 10 heteroatoms. The van der Waals surface area contributed by atoms with Gasteiger partial charge < -0.3 is 19.7 Å². The maximum absolute atomic E-state index is 13.2. The van der Waals surface area contributed by atoms with Crippen LogP contribution in [0.3, 0.4) is 0 Å². The van der Waals surface area contributed by atoms with Gasteiger partial charge >= 0.3 is 5.97 Å². The number of aldehydes is 1. The Morgan fingerprint density at radius 3 is 2.89 bits per heavy atom. The molecule has 10 nitrogen and oxygen atoms in total. The minimum Gasteiger partial charge on any atom is -0.468 e. The van der Waals surface area contributed by atoms with E-state index in [0.717, 1.165) is 35.8 Å². The minimum absolute atomic E-state index is 0.0181. The smallest absolute Gasteiger partial charge is 0.327 e. The Bertz CT molecular complexity index is 1410. The van der Waals surface area contributed by atoms with Gasteiger partial charge in [0.15, 0.2) is 0 Å². The zero-order valence-electron chi connectivity index (χ0n) is 21.0. The fourth-order valence-corrected chi connectivity index (χ4v) is 5.02. The normalized spacial score (nSPS) is 19.6. The van der Waals surface area contributed by atoms with Crippen LogP contribution in [-0.2, 0) is 25.7 Å². The van der Waals surface area contributed by atoms with Gasteiger partial charge in [0.1, 0.15) is 24.1 Å². The molecule has 2 aliphatic rings. The molecule has 3 aromatic rings. The van der Waals surface area contributed by atoms with Crippen molar-refractivity contribution < 1.29 is 19.1 Å². The number of nitrogens with one attached hydrogen (secondary N) is 1. The largest absolute Gasteiger partial charge is 0.468 e. The summed E-state index contributed by atoms with van der Waals surface area (Å²) in [5, 5.41) is 17.2. The van der Waals surface area contributed by atoms with Gasteiger partial charge in [-0.25, -0.2) is 4.98 Å². The van der Waals surface area contributed by atoms with E-state index in [-0.39, 0.29) is 24.3 Å². The molecule has 1 aliphatic carbocycles. The summed E-state index contributed by atoms with van der Waals surface area (Å²) in [7, 11) is 1.33. The van der Waals surface area contributed by atoms with E-state index in [1.165, 1.54) is 11.8 Å². The van der Waals surface area contributed by atoms with Crippen molar-refractivity contribution in [1.82, 2.24) is 14.8 Å². The summed E-state index contributed by atoms with van der Waals surface area (Å²) < 4.78 is 6.18. The number of hydrogen-bond acceptors (Lipinski definition) is 8. The number of esters is 1. The number of nitrogens with zero attached hydrogens (tertiary/aromatic N) is 5. The molecule has 0 radical (unpaired) electrons. The summed E-state index contributed by atoms with van der Waals surface area (Å²) >= 11 is 0. The third-order valence-corrected chi connectivity index (χ3v) is 7.35. The number of amides is 1. The Balaban J connectivity index is 1.27. The first-order chi connectivity index (χ1) is 18.5. The van der Waals surface area contributed by atoms with E-state index in [0.29, 0.717) is 31.0 Å². The number of carbonyl (C=O) groups excluding carboxylic acids is 3. The fourth-order valence-electron chi connectivity index (χ4n) is 5.02. The lowest BCUT2D eigenvalue weighted by molar-refractivity contribution is -0.141. The fraction of sp³-hybridized carbons (Fsp3) is 0.357. The molecule has 1 unspecified atom stereocenters. The van der Waals surface area contributed by atoms with Crippen LogP contribution in [0.4, 0.5) is 11.5 Å². The molecule has 1 aliphatic heterocycles. The predicted octanol–water partition coefficient (Wildman–Crippen LogP) is 3.17. The van der Waals surface area contributed by atoms with E-state index in [1.807, 2.05) is 24.3 Å². The molecule has 1 saturated heterocycles. The van der Waals surface area contributed by atoms with Crippen molar-refractivity contribution in [2.45, 2.75) is 31.7 Å². The first-order valence-electron chi connectivity index (χ1n) is 12.6. The molecule has 1 aromatic carbocycles. The average Bonchev–Trinajstić information content (AvgIpc) is 3.60. The van der Waals surface area contributed by atoms with Crippen LogP contribution in [-0.4, -0.2) is 53.1 Å². The molecule has 194 valence electrons. The second-order valence-corrected chi connectivity index (χ2v) is 9.72. The van der Waals surface area contributed by atoms with Crippen molar-refractivity contribution in [2.75, 3.05) is 30.4 Å². The third kappa shape index (κ3) is 4.87. The van der Waals surface area contributed by atoms with E-state index >= 15 is 0 Å². The Morgan fingerprint density at radius 1 is 1.32 bits per heavy atom. The van der Waals surface area contributed by atoms with E-state index < -0.39 is 11.3 Å². The number of aromatic nitrogens is 3. The number of hydrogen-bond donors (Lipinski definition) is 1. The highest BCUT2D eigenvalue weighted by Gasteiger charge is 2.56. The van der Waals surface area contributed by atoms with Gasteiger partial charge in [-0.15, -0.1) is 0 Å². The summed E-state index contributed by atoms with van der Waals surface area (Å²) in [5.41, 5.74) is 2.30. The monoisotopic (exact) mass is 512 g/mol. The van der Waals surface area contributed by atoms with Crippen LogP contribution in [0.2, 0.25) is 0 Å². The van der Waals surface area contributed by atoms with Gasteiger partial charge in [-0.1, -0.05) is 24.3 Å². The lowest BCUT2D eigenvalue weighted by Gasteiger charge is -2.21.